The fourth-order valence-electron chi connectivity index (χ4n) is 4.37. The molecule has 3 rings (SSSR count). The second-order valence-electron chi connectivity index (χ2n) is 11.4. The number of nitrogens with one attached hydrogen (secondary N) is 2. The number of hydrogen-bond acceptors (Lipinski definition) is 3. The van der Waals surface area contributed by atoms with Crippen molar-refractivity contribution in [3.05, 3.63) is 98.6 Å². The summed E-state index contributed by atoms with van der Waals surface area (Å²) in [7, 11) is 0. The molecule has 3 aromatic carbocycles. The summed E-state index contributed by atoms with van der Waals surface area (Å²) in [5.74, 6) is 7.25. The molecular weight excluding hydrogens is 623 g/mol. The lowest BCUT2D eigenvalue weighted by molar-refractivity contribution is -0.121. The molecular formula is C35H43IN2O3. The first-order chi connectivity index (χ1) is 19.3. The zero-order valence-corrected chi connectivity index (χ0v) is 27.5. The lowest BCUT2D eigenvalue weighted by Crippen LogP contribution is -2.44. The highest BCUT2D eigenvalue weighted by molar-refractivity contribution is 14.1. The molecule has 0 aliphatic heterocycles. The van der Waals surface area contributed by atoms with E-state index in [4.69, 9.17) is 4.74 Å². The number of benzene rings is 3. The van der Waals surface area contributed by atoms with Gasteiger partial charge in [-0.05, 0) is 129 Å². The van der Waals surface area contributed by atoms with E-state index in [1.807, 2.05) is 64.1 Å². The summed E-state index contributed by atoms with van der Waals surface area (Å²) in [4.78, 5) is 22.3. The molecule has 41 heavy (non-hydrogen) atoms. The van der Waals surface area contributed by atoms with Crippen molar-refractivity contribution in [3.8, 4) is 17.6 Å². The topological polar surface area (TPSA) is 67.4 Å². The highest BCUT2D eigenvalue weighted by Crippen LogP contribution is 2.16. The van der Waals surface area contributed by atoms with Gasteiger partial charge in [0, 0.05) is 39.6 Å². The van der Waals surface area contributed by atoms with Gasteiger partial charge in [0.1, 0.15) is 5.75 Å². The van der Waals surface area contributed by atoms with Gasteiger partial charge in [-0.3, -0.25) is 9.59 Å². The third kappa shape index (κ3) is 14.2. The summed E-state index contributed by atoms with van der Waals surface area (Å²) in [5, 5.41) is 5.91. The van der Waals surface area contributed by atoms with Crippen LogP contribution in [0.3, 0.4) is 0 Å². The van der Waals surface area contributed by atoms with Crippen molar-refractivity contribution in [3.63, 3.8) is 0 Å². The highest BCUT2D eigenvalue weighted by Gasteiger charge is 2.19. The van der Waals surface area contributed by atoms with Gasteiger partial charge in [0.25, 0.3) is 0 Å². The second-order valence-corrected chi connectivity index (χ2v) is 12.7. The Kier molecular flexibility index (Phi) is 13.4. The Morgan fingerprint density at radius 3 is 1.49 bits per heavy atom. The van der Waals surface area contributed by atoms with Gasteiger partial charge in [-0.1, -0.05) is 43.0 Å². The average Bonchev–Trinajstić information content (AvgIpc) is 2.87. The Morgan fingerprint density at radius 1 is 0.707 bits per heavy atom. The number of carbonyl (C=O) groups is 2. The molecule has 2 amide bonds. The van der Waals surface area contributed by atoms with Gasteiger partial charge < -0.3 is 15.4 Å². The van der Waals surface area contributed by atoms with E-state index in [0.717, 1.165) is 42.7 Å². The smallest absolute Gasteiger partial charge is 0.217 e. The number of amides is 2. The molecule has 0 aliphatic carbocycles. The first kappa shape index (κ1) is 33.9. The Hall–Kier alpha value is -3.31. The lowest BCUT2D eigenvalue weighted by atomic mass is 9.94. The van der Waals surface area contributed by atoms with Gasteiger partial charge >= 0.3 is 0 Å². The van der Waals surface area contributed by atoms with Crippen molar-refractivity contribution in [1.29, 1.82) is 0 Å². The fraction of sp³-hybridized carbons (Fsp3) is 0.371. The summed E-state index contributed by atoms with van der Waals surface area (Å²) in [6, 6.07) is 24.4. The van der Waals surface area contributed by atoms with Gasteiger partial charge in [-0.2, -0.15) is 0 Å². The molecule has 6 heteroatoms. The van der Waals surface area contributed by atoms with Crippen LogP contribution in [-0.2, 0) is 22.4 Å². The Morgan fingerprint density at radius 2 is 1.10 bits per heavy atom. The highest BCUT2D eigenvalue weighted by atomic mass is 127. The fourth-order valence-corrected chi connectivity index (χ4v) is 4.73. The molecule has 0 saturated carbocycles. The van der Waals surface area contributed by atoms with Crippen molar-refractivity contribution >= 4 is 34.4 Å². The Balaban J connectivity index is 0.000000333. The van der Waals surface area contributed by atoms with Gasteiger partial charge in [-0.15, -0.1) is 0 Å². The van der Waals surface area contributed by atoms with Crippen LogP contribution in [0.25, 0.3) is 0 Å². The molecule has 2 N–H and O–H groups in total. The van der Waals surface area contributed by atoms with Crippen LogP contribution >= 0.6 is 22.6 Å². The minimum Gasteiger partial charge on any atom is -0.494 e. The maximum absolute atomic E-state index is 11.3. The first-order valence-electron chi connectivity index (χ1n) is 13.9. The van der Waals surface area contributed by atoms with Gasteiger partial charge in [-0.25, -0.2) is 0 Å². The van der Waals surface area contributed by atoms with E-state index >= 15 is 0 Å². The van der Waals surface area contributed by atoms with E-state index in [-0.39, 0.29) is 22.9 Å². The van der Waals surface area contributed by atoms with Gasteiger partial charge in [0.05, 0.1) is 6.61 Å². The van der Waals surface area contributed by atoms with Crippen molar-refractivity contribution in [2.45, 2.75) is 78.8 Å². The number of carbonyl (C=O) groups excluding carboxylic acids is 2. The Bertz CT molecular complexity index is 1320. The summed E-state index contributed by atoms with van der Waals surface area (Å²) >= 11 is 2.28. The maximum Gasteiger partial charge on any atom is 0.217 e. The number of rotatable bonds is 9. The number of halogens is 1. The predicted molar refractivity (Wildman–Crippen MR) is 177 cm³/mol. The monoisotopic (exact) mass is 666 g/mol. The minimum absolute atomic E-state index is 0.0106. The molecule has 3 aromatic rings. The van der Waals surface area contributed by atoms with Crippen LogP contribution in [0.5, 0.6) is 5.75 Å². The second kappa shape index (κ2) is 16.2. The van der Waals surface area contributed by atoms with Crippen LogP contribution in [0.15, 0.2) is 72.8 Å². The van der Waals surface area contributed by atoms with E-state index in [1.54, 1.807) is 13.8 Å². The molecule has 5 nitrogen and oxygen atoms in total. The SMILES string of the molecule is CC(=O)NC(C)(C)Cc1ccc(I)cc1.CCCOc1ccc(C#Cc2ccc(CC(C)(C)NC(C)=O)cc2)cc1. The average molecular weight is 667 g/mol. The van der Waals surface area contributed by atoms with Gasteiger partial charge in [0.15, 0.2) is 0 Å². The van der Waals surface area contributed by atoms with E-state index in [0.29, 0.717) is 0 Å². The molecule has 0 heterocycles. The van der Waals surface area contributed by atoms with Crippen LogP contribution in [0.1, 0.15) is 77.1 Å². The predicted octanol–water partition coefficient (Wildman–Crippen LogP) is 7.08. The molecule has 0 atom stereocenters. The van der Waals surface area contributed by atoms with Crippen LogP contribution in [0, 0.1) is 15.4 Å². The number of ether oxygens (including phenoxy) is 1. The largest absolute Gasteiger partial charge is 0.494 e. The zero-order chi connectivity index (χ0) is 30.5. The number of hydrogen-bond donors (Lipinski definition) is 2. The van der Waals surface area contributed by atoms with Crippen LogP contribution in [-0.4, -0.2) is 29.5 Å². The van der Waals surface area contributed by atoms with Crippen molar-refractivity contribution in [2.75, 3.05) is 6.61 Å². The van der Waals surface area contributed by atoms with E-state index in [1.165, 1.54) is 14.7 Å². The first-order valence-corrected chi connectivity index (χ1v) is 15.0. The zero-order valence-electron chi connectivity index (χ0n) is 25.4. The molecule has 0 unspecified atom stereocenters. The lowest BCUT2D eigenvalue weighted by Gasteiger charge is -2.25. The minimum atomic E-state index is -0.263. The molecule has 0 spiro atoms. The van der Waals surface area contributed by atoms with Crippen molar-refractivity contribution in [2.24, 2.45) is 0 Å². The Labute approximate surface area is 260 Å². The quantitative estimate of drug-likeness (QED) is 0.190. The maximum atomic E-state index is 11.3. The van der Waals surface area contributed by atoms with E-state index in [9.17, 15) is 9.59 Å². The van der Waals surface area contributed by atoms with Crippen LogP contribution < -0.4 is 15.4 Å². The summed E-state index contributed by atoms with van der Waals surface area (Å²) < 4.78 is 6.81. The van der Waals surface area contributed by atoms with Crippen molar-refractivity contribution in [1.82, 2.24) is 10.6 Å². The van der Waals surface area contributed by atoms with Gasteiger partial charge in [0.2, 0.25) is 11.8 Å². The molecule has 0 aliphatic rings. The molecule has 218 valence electrons. The van der Waals surface area contributed by atoms with E-state index in [2.05, 4.69) is 88.4 Å². The van der Waals surface area contributed by atoms with Crippen molar-refractivity contribution < 1.29 is 14.3 Å². The standard InChI is InChI=1S/C23H27NO2.C12H16INO/c1-5-16-26-22-14-12-20(13-15-22)7-6-19-8-10-21(11-9-19)17-23(3,4)24-18(2)25;1-9(15)14-12(2,3)8-10-4-6-11(13)7-5-10/h8-15H,5,16-17H2,1-4H3,(H,24,25);4-7H,8H2,1-3H3,(H,14,15). The molecule has 0 radical (unpaired) electrons. The van der Waals surface area contributed by atoms with Crippen LogP contribution in [0.4, 0.5) is 0 Å². The molecule has 0 bridgehead atoms. The third-order valence-corrected chi connectivity index (χ3v) is 6.59. The normalized spacial score (nSPS) is 10.8. The molecule has 0 saturated heterocycles. The van der Waals surface area contributed by atoms with Crippen LogP contribution in [0.2, 0.25) is 0 Å². The molecule has 0 aromatic heterocycles. The third-order valence-electron chi connectivity index (χ3n) is 5.87. The summed E-state index contributed by atoms with van der Waals surface area (Å²) in [6.07, 6.45) is 2.63. The van der Waals surface area contributed by atoms with E-state index < -0.39 is 0 Å². The summed E-state index contributed by atoms with van der Waals surface area (Å²) in [5.41, 5.74) is 3.90. The summed E-state index contributed by atoms with van der Waals surface area (Å²) in [6.45, 7) is 14.0. The molecule has 0 fully saturated rings.